The Hall–Kier alpha value is -3.60. The Morgan fingerprint density at radius 3 is 1.96 bits per heavy atom. The van der Waals surface area contributed by atoms with Gasteiger partial charge in [-0.15, -0.1) is 0 Å². The van der Waals surface area contributed by atoms with Gasteiger partial charge < -0.3 is 27.0 Å². The Balaban J connectivity index is 1.47. The molecular formula is C40H60N6O4. The van der Waals surface area contributed by atoms with Crippen LogP contribution in [0.15, 0.2) is 60.7 Å². The van der Waals surface area contributed by atoms with Crippen LogP contribution in [0, 0.1) is 11.8 Å². The van der Waals surface area contributed by atoms with E-state index in [9.17, 15) is 19.2 Å². The molecule has 2 saturated heterocycles. The second-order valence-electron chi connectivity index (χ2n) is 14.8. The van der Waals surface area contributed by atoms with Crippen LogP contribution in [0.3, 0.4) is 0 Å². The lowest BCUT2D eigenvalue weighted by Gasteiger charge is -2.42. The number of carbonyl (C=O) groups is 4. The highest BCUT2D eigenvalue weighted by molar-refractivity contribution is 5.95. The summed E-state index contributed by atoms with van der Waals surface area (Å²) in [4.78, 5) is 60.0. The number of Topliss-reactive ketones (excluding diaryl/α,β-unsaturated/α-hetero) is 1. The van der Waals surface area contributed by atoms with Gasteiger partial charge in [0.15, 0.2) is 5.78 Å². The normalized spacial score (nSPS) is 19.8. The molecule has 0 radical (unpaired) electrons. The molecule has 6 N–H and O–H groups in total. The van der Waals surface area contributed by atoms with E-state index in [1.807, 2.05) is 79.4 Å². The van der Waals surface area contributed by atoms with Gasteiger partial charge in [0.1, 0.15) is 6.04 Å². The number of unbranched alkanes of at least 4 members (excludes halogenated alkanes) is 1. The number of nitrogens with zero attached hydrogens (tertiary/aromatic N) is 2. The molecule has 2 aromatic rings. The molecule has 0 aliphatic carbocycles. The lowest BCUT2D eigenvalue weighted by Crippen LogP contribution is -2.59. The molecule has 0 aromatic heterocycles. The predicted molar refractivity (Wildman–Crippen MR) is 198 cm³/mol. The van der Waals surface area contributed by atoms with Crippen molar-refractivity contribution in [2.24, 2.45) is 23.3 Å². The number of fused-ring (bicyclic) bond motifs is 2. The summed E-state index contributed by atoms with van der Waals surface area (Å²) in [6.07, 6.45) is 6.29. The van der Waals surface area contributed by atoms with Gasteiger partial charge in [-0.1, -0.05) is 81.4 Å². The Labute approximate surface area is 299 Å². The zero-order chi connectivity index (χ0) is 36.0. The summed E-state index contributed by atoms with van der Waals surface area (Å²) >= 11 is 0. The molecule has 0 saturated carbocycles. The number of piperazine rings is 1. The molecule has 4 rings (SSSR count). The van der Waals surface area contributed by atoms with Gasteiger partial charge in [0.05, 0.1) is 12.1 Å². The topological polar surface area (TPSA) is 151 Å². The van der Waals surface area contributed by atoms with Crippen LogP contribution in [0.25, 0.3) is 0 Å². The van der Waals surface area contributed by atoms with Crippen molar-refractivity contribution in [2.45, 2.75) is 115 Å². The van der Waals surface area contributed by atoms with Crippen LogP contribution in [-0.4, -0.2) is 89.7 Å². The van der Waals surface area contributed by atoms with Crippen molar-refractivity contribution in [1.82, 2.24) is 20.4 Å². The number of hydrogen-bond acceptors (Lipinski definition) is 7. The smallest absolute Gasteiger partial charge is 0.245 e. The minimum Gasteiger partial charge on any atom is -0.345 e. The summed E-state index contributed by atoms with van der Waals surface area (Å²) in [6, 6.07) is 17.4. The zero-order valence-electron chi connectivity index (χ0n) is 30.4. The summed E-state index contributed by atoms with van der Waals surface area (Å²) in [6.45, 7) is 9.15. The number of likely N-dealkylation sites (tertiary alicyclic amines) is 1. The van der Waals surface area contributed by atoms with E-state index in [1.54, 1.807) is 0 Å². The van der Waals surface area contributed by atoms with Gasteiger partial charge in [-0.05, 0) is 87.9 Å². The van der Waals surface area contributed by atoms with Gasteiger partial charge in [-0.3, -0.25) is 24.1 Å². The van der Waals surface area contributed by atoms with Gasteiger partial charge >= 0.3 is 0 Å². The van der Waals surface area contributed by atoms with Crippen molar-refractivity contribution in [3.05, 3.63) is 71.8 Å². The number of benzene rings is 2. The standard InChI is InChI=1S/C40H60N6O4/c1-4-21-46-32-18-19-33(46)27-45(26-32)40(50)35(17-11-12-20-41)43-38(48)31(22-28(2)3)25-37(47)36(24-30-15-9-6-10-16-30)44-39(49)34(42)23-29-13-7-5-8-14-29/h5-10,13-16,28,31-36H,4,11-12,17-27,41-42H2,1-3H3,(H,43,48)(H,44,49). The predicted octanol–water partition coefficient (Wildman–Crippen LogP) is 3.60. The summed E-state index contributed by atoms with van der Waals surface area (Å²) in [5.41, 5.74) is 13.9. The third-order valence-corrected chi connectivity index (χ3v) is 10.2. The van der Waals surface area contributed by atoms with Gasteiger partial charge in [-0.2, -0.15) is 0 Å². The van der Waals surface area contributed by atoms with Crippen LogP contribution in [0.2, 0.25) is 0 Å². The van der Waals surface area contributed by atoms with Crippen molar-refractivity contribution in [3.8, 4) is 0 Å². The van der Waals surface area contributed by atoms with E-state index in [0.717, 1.165) is 49.8 Å². The minimum absolute atomic E-state index is 0.0420. The maximum atomic E-state index is 14.1. The van der Waals surface area contributed by atoms with Gasteiger partial charge in [-0.25, -0.2) is 0 Å². The second kappa shape index (κ2) is 19.7. The fourth-order valence-corrected chi connectivity index (χ4v) is 7.63. The lowest BCUT2D eigenvalue weighted by molar-refractivity contribution is -0.141. The molecule has 2 bridgehead atoms. The van der Waals surface area contributed by atoms with E-state index in [4.69, 9.17) is 11.5 Å². The highest BCUT2D eigenvalue weighted by Gasteiger charge is 2.42. The van der Waals surface area contributed by atoms with Crippen molar-refractivity contribution in [1.29, 1.82) is 0 Å². The number of hydrogen-bond donors (Lipinski definition) is 4. The molecule has 2 fully saturated rings. The monoisotopic (exact) mass is 688 g/mol. The van der Waals surface area contributed by atoms with Crippen LogP contribution in [0.5, 0.6) is 0 Å². The first-order valence-corrected chi connectivity index (χ1v) is 18.8. The molecule has 10 heteroatoms. The van der Waals surface area contributed by atoms with Gasteiger partial charge in [0.2, 0.25) is 17.7 Å². The maximum Gasteiger partial charge on any atom is 0.245 e. The van der Waals surface area contributed by atoms with Crippen LogP contribution in [-0.2, 0) is 32.0 Å². The number of nitrogens with two attached hydrogens (primary N) is 2. The van der Waals surface area contributed by atoms with Crippen LogP contribution in [0.1, 0.15) is 83.3 Å². The second-order valence-corrected chi connectivity index (χ2v) is 14.8. The first kappa shape index (κ1) is 39.2. The molecule has 2 aliphatic rings. The van der Waals surface area contributed by atoms with Crippen LogP contribution >= 0.6 is 0 Å². The van der Waals surface area contributed by atoms with Crippen molar-refractivity contribution in [2.75, 3.05) is 26.2 Å². The molecule has 3 amide bonds. The van der Waals surface area contributed by atoms with Gasteiger partial charge in [0.25, 0.3) is 0 Å². The van der Waals surface area contributed by atoms with Crippen LogP contribution in [0.4, 0.5) is 0 Å². The quantitative estimate of drug-likeness (QED) is 0.155. The lowest BCUT2D eigenvalue weighted by atomic mass is 9.88. The third kappa shape index (κ3) is 11.5. The highest BCUT2D eigenvalue weighted by atomic mass is 16.2. The number of ketones is 1. The molecule has 2 aromatic carbocycles. The fraction of sp³-hybridized carbons (Fsp3) is 0.600. The molecular weight excluding hydrogens is 628 g/mol. The molecule has 274 valence electrons. The van der Waals surface area contributed by atoms with E-state index in [2.05, 4.69) is 22.5 Å². The fourth-order valence-electron chi connectivity index (χ4n) is 7.63. The van der Waals surface area contributed by atoms with Crippen LogP contribution < -0.4 is 22.1 Å². The van der Waals surface area contributed by atoms with Crippen molar-refractivity contribution in [3.63, 3.8) is 0 Å². The average molecular weight is 689 g/mol. The molecule has 10 nitrogen and oxygen atoms in total. The molecule has 2 heterocycles. The number of carbonyl (C=O) groups excluding carboxylic acids is 4. The Bertz CT molecular complexity index is 1360. The van der Waals surface area contributed by atoms with E-state index in [-0.39, 0.29) is 36.4 Å². The van der Waals surface area contributed by atoms with E-state index < -0.39 is 30.0 Å². The molecule has 50 heavy (non-hydrogen) atoms. The van der Waals surface area contributed by atoms with Crippen molar-refractivity contribution >= 4 is 23.5 Å². The Morgan fingerprint density at radius 2 is 1.40 bits per heavy atom. The van der Waals surface area contributed by atoms with E-state index >= 15 is 0 Å². The summed E-state index contributed by atoms with van der Waals surface area (Å²) in [5.74, 6) is -1.50. The molecule has 0 spiro atoms. The average Bonchev–Trinajstić information content (AvgIpc) is 3.32. The Kier molecular flexibility index (Phi) is 15.4. The Morgan fingerprint density at radius 1 is 0.820 bits per heavy atom. The van der Waals surface area contributed by atoms with E-state index in [0.29, 0.717) is 51.0 Å². The van der Waals surface area contributed by atoms with E-state index in [1.165, 1.54) is 0 Å². The van der Waals surface area contributed by atoms with Crippen molar-refractivity contribution < 1.29 is 19.2 Å². The van der Waals surface area contributed by atoms with Gasteiger partial charge in [0, 0.05) is 37.5 Å². The molecule has 2 aliphatic heterocycles. The largest absolute Gasteiger partial charge is 0.345 e. The highest BCUT2D eigenvalue weighted by Crippen LogP contribution is 2.31. The summed E-state index contributed by atoms with van der Waals surface area (Å²) in [5, 5.41) is 6.03. The first-order chi connectivity index (χ1) is 24.1. The minimum atomic E-state index is -0.855. The molecule has 6 unspecified atom stereocenters. The molecule has 6 atom stereocenters. The maximum absolute atomic E-state index is 14.1. The number of amides is 3. The summed E-state index contributed by atoms with van der Waals surface area (Å²) < 4.78 is 0. The number of nitrogens with one attached hydrogen (secondary N) is 2. The number of rotatable bonds is 20. The summed E-state index contributed by atoms with van der Waals surface area (Å²) in [7, 11) is 0. The SMILES string of the molecule is CCCN1C2CCC1CN(C(=O)C(CCCCN)NC(=O)C(CC(=O)C(Cc1ccccc1)NC(=O)C(N)Cc1ccccc1)CC(C)C)C2. The zero-order valence-corrected chi connectivity index (χ0v) is 30.4. The third-order valence-electron chi connectivity index (χ3n) is 10.2. The first-order valence-electron chi connectivity index (χ1n) is 18.8.